The van der Waals surface area contributed by atoms with Crippen molar-refractivity contribution >= 4 is 11.2 Å². The highest BCUT2D eigenvalue weighted by atomic mass is 16.3. The first kappa shape index (κ1) is 6.03. The summed E-state index contributed by atoms with van der Waals surface area (Å²) in [4.78, 5) is 11.7. The maximum Gasteiger partial charge on any atom is 0.212 e. The molecule has 0 bridgehead atoms. The molecule has 0 atom stereocenters. The quantitative estimate of drug-likeness (QED) is 0.596. The SMILES string of the molecule is Oc1ccc2nccnc2n1. The Morgan fingerprint density at radius 1 is 1.09 bits per heavy atom. The molecular weight excluding hydrogens is 142 g/mol. The molecule has 54 valence electrons. The van der Waals surface area contributed by atoms with Gasteiger partial charge < -0.3 is 5.11 Å². The molecule has 0 amide bonds. The van der Waals surface area contributed by atoms with E-state index in [2.05, 4.69) is 15.0 Å². The molecule has 0 aromatic carbocycles. The molecule has 0 radical (unpaired) electrons. The zero-order valence-electron chi connectivity index (χ0n) is 5.60. The molecule has 0 aliphatic carbocycles. The van der Waals surface area contributed by atoms with Gasteiger partial charge in [-0.3, -0.25) is 4.98 Å². The summed E-state index contributed by atoms with van der Waals surface area (Å²) in [6.07, 6.45) is 3.12. The summed E-state index contributed by atoms with van der Waals surface area (Å²) >= 11 is 0. The van der Waals surface area contributed by atoms with Crippen LogP contribution in [0.1, 0.15) is 0 Å². The molecule has 1 N–H and O–H groups in total. The summed E-state index contributed by atoms with van der Waals surface area (Å²) in [6, 6.07) is 3.15. The highest BCUT2D eigenvalue weighted by Crippen LogP contribution is 2.09. The van der Waals surface area contributed by atoms with E-state index >= 15 is 0 Å². The number of aromatic hydroxyl groups is 1. The van der Waals surface area contributed by atoms with Crippen molar-refractivity contribution in [2.45, 2.75) is 0 Å². The highest BCUT2D eigenvalue weighted by Gasteiger charge is 1.95. The minimum atomic E-state index is -0.0296. The predicted octanol–water partition coefficient (Wildman–Crippen LogP) is 0.730. The van der Waals surface area contributed by atoms with Gasteiger partial charge in [-0.1, -0.05) is 0 Å². The maximum atomic E-state index is 8.95. The molecular formula is C7H5N3O. The van der Waals surface area contributed by atoms with Gasteiger partial charge in [-0.25, -0.2) is 4.98 Å². The lowest BCUT2D eigenvalue weighted by atomic mass is 10.4. The van der Waals surface area contributed by atoms with Crippen LogP contribution in [0.4, 0.5) is 0 Å². The van der Waals surface area contributed by atoms with Crippen molar-refractivity contribution in [3.8, 4) is 5.88 Å². The zero-order chi connectivity index (χ0) is 7.68. The van der Waals surface area contributed by atoms with Gasteiger partial charge in [0.2, 0.25) is 5.88 Å². The van der Waals surface area contributed by atoms with Crippen molar-refractivity contribution in [3.05, 3.63) is 24.5 Å². The van der Waals surface area contributed by atoms with Crippen molar-refractivity contribution in [1.82, 2.24) is 15.0 Å². The lowest BCUT2D eigenvalue weighted by Crippen LogP contribution is -1.84. The molecule has 0 unspecified atom stereocenters. The third-order valence-electron chi connectivity index (χ3n) is 1.32. The summed E-state index contributed by atoms with van der Waals surface area (Å²) in [5.74, 6) is -0.0296. The van der Waals surface area contributed by atoms with Crippen molar-refractivity contribution in [1.29, 1.82) is 0 Å². The summed E-state index contributed by atoms with van der Waals surface area (Å²) in [5, 5.41) is 8.95. The van der Waals surface area contributed by atoms with Crippen LogP contribution in [0.5, 0.6) is 5.88 Å². The van der Waals surface area contributed by atoms with Crippen LogP contribution in [0.25, 0.3) is 11.2 Å². The first-order valence-electron chi connectivity index (χ1n) is 3.13. The monoisotopic (exact) mass is 147 g/mol. The number of nitrogens with zero attached hydrogens (tertiary/aromatic N) is 3. The lowest BCUT2D eigenvalue weighted by molar-refractivity contribution is 0.455. The second kappa shape index (κ2) is 2.16. The summed E-state index contributed by atoms with van der Waals surface area (Å²) < 4.78 is 0. The summed E-state index contributed by atoms with van der Waals surface area (Å²) in [6.45, 7) is 0. The molecule has 2 aromatic rings. The molecule has 2 heterocycles. The van der Waals surface area contributed by atoms with Gasteiger partial charge in [-0.15, -0.1) is 0 Å². The Bertz CT molecular complexity index is 388. The Hall–Kier alpha value is -1.71. The van der Waals surface area contributed by atoms with Gasteiger partial charge in [0.1, 0.15) is 5.52 Å². The Balaban J connectivity index is 2.83. The molecule has 11 heavy (non-hydrogen) atoms. The van der Waals surface area contributed by atoms with Gasteiger partial charge >= 0.3 is 0 Å². The van der Waals surface area contributed by atoms with Gasteiger partial charge in [-0.2, -0.15) is 4.98 Å². The lowest BCUT2D eigenvalue weighted by Gasteiger charge is -1.93. The molecule has 0 aliphatic rings. The van der Waals surface area contributed by atoms with Crippen molar-refractivity contribution in [2.24, 2.45) is 0 Å². The van der Waals surface area contributed by atoms with Gasteiger partial charge in [0, 0.05) is 18.5 Å². The van der Waals surface area contributed by atoms with E-state index in [4.69, 9.17) is 5.11 Å². The number of rotatable bonds is 0. The average Bonchev–Trinajstić information content (AvgIpc) is 2.04. The minimum absolute atomic E-state index is 0.0296. The predicted molar refractivity (Wildman–Crippen MR) is 39.0 cm³/mol. The van der Waals surface area contributed by atoms with Gasteiger partial charge in [0.05, 0.1) is 0 Å². The summed E-state index contributed by atoms with van der Waals surface area (Å²) in [7, 11) is 0. The fourth-order valence-corrected chi connectivity index (χ4v) is 0.844. The van der Waals surface area contributed by atoms with Gasteiger partial charge in [0.15, 0.2) is 5.65 Å². The zero-order valence-corrected chi connectivity index (χ0v) is 5.60. The third kappa shape index (κ3) is 0.980. The Morgan fingerprint density at radius 2 is 1.91 bits per heavy atom. The van der Waals surface area contributed by atoms with Gasteiger partial charge in [0.25, 0.3) is 0 Å². The Labute approximate surface area is 62.6 Å². The maximum absolute atomic E-state index is 8.95. The number of aromatic nitrogens is 3. The van der Waals surface area contributed by atoms with Crippen molar-refractivity contribution < 1.29 is 5.11 Å². The van der Waals surface area contributed by atoms with E-state index in [1.807, 2.05) is 0 Å². The standard InChI is InChI=1S/C7H5N3O/c11-6-2-1-5-7(10-6)9-4-3-8-5/h1-4H,(H,9,10,11). The van der Waals surface area contributed by atoms with Crippen LogP contribution in [-0.2, 0) is 0 Å². The van der Waals surface area contributed by atoms with E-state index in [1.165, 1.54) is 12.3 Å². The molecule has 0 saturated heterocycles. The fraction of sp³-hybridized carbons (Fsp3) is 0. The molecule has 0 fully saturated rings. The Morgan fingerprint density at radius 3 is 2.82 bits per heavy atom. The van der Waals surface area contributed by atoms with Crippen LogP contribution < -0.4 is 0 Å². The second-order valence-electron chi connectivity index (χ2n) is 2.07. The number of hydrogen-bond donors (Lipinski definition) is 1. The third-order valence-corrected chi connectivity index (χ3v) is 1.32. The fourth-order valence-electron chi connectivity index (χ4n) is 0.844. The first-order valence-corrected chi connectivity index (χ1v) is 3.13. The van der Waals surface area contributed by atoms with Crippen LogP contribution >= 0.6 is 0 Å². The molecule has 0 aliphatic heterocycles. The van der Waals surface area contributed by atoms with Crippen LogP contribution in [0.15, 0.2) is 24.5 Å². The smallest absolute Gasteiger partial charge is 0.212 e. The molecule has 4 heteroatoms. The van der Waals surface area contributed by atoms with Crippen molar-refractivity contribution in [2.75, 3.05) is 0 Å². The van der Waals surface area contributed by atoms with Crippen LogP contribution in [0.3, 0.4) is 0 Å². The van der Waals surface area contributed by atoms with E-state index in [-0.39, 0.29) is 5.88 Å². The number of hydrogen-bond acceptors (Lipinski definition) is 4. The first-order chi connectivity index (χ1) is 5.36. The Kier molecular flexibility index (Phi) is 1.18. The van der Waals surface area contributed by atoms with E-state index < -0.39 is 0 Å². The minimum Gasteiger partial charge on any atom is -0.493 e. The molecule has 2 aromatic heterocycles. The van der Waals surface area contributed by atoms with Crippen molar-refractivity contribution in [3.63, 3.8) is 0 Å². The van der Waals surface area contributed by atoms with Crippen LogP contribution in [-0.4, -0.2) is 20.1 Å². The van der Waals surface area contributed by atoms with E-state index in [9.17, 15) is 0 Å². The largest absolute Gasteiger partial charge is 0.493 e. The molecule has 0 saturated carbocycles. The number of fused-ring (bicyclic) bond motifs is 1. The second-order valence-corrected chi connectivity index (χ2v) is 2.07. The molecule has 2 rings (SSSR count). The average molecular weight is 147 g/mol. The molecule has 0 spiro atoms. The summed E-state index contributed by atoms with van der Waals surface area (Å²) in [5.41, 5.74) is 1.15. The highest BCUT2D eigenvalue weighted by molar-refractivity contribution is 5.69. The normalized spacial score (nSPS) is 10.2. The number of pyridine rings is 1. The van der Waals surface area contributed by atoms with Crippen LogP contribution in [0.2, 0.25) is 0 Å². The van der Waals surface area contributed by atoms with E-state index in [0.29, 0.717) is 11.2 Å². The van der Waals surface area contributed by atoms with Gasteiger partial charge in [-0.05, 0) is 6.07 Å². The molecule has 4 nitrogen and oxygen atoms in total. The topological polar surface area (TPSA) is 58.9 Å². The van der Waals surface area contributed by atoms with Crippen LogP contribution in [0, 0.1) is 0 Å². The van der Waals surface area contributed by atoms with E-state index in [0.717, 1.165) is 0 Å². The van der Waals surface area contributed by atoms with E-state index in [1.54, 1.807) is 12.3 Å².